The molecule has 0 aliphatic carbocycles. The normalized spacial score (nSPS) is 13.8. The van der Waals surface area contributed by atoms with E-state index in [0.29, 0.717) is 57.3 Å². The van der Waals surface area contributed by atoms with E-state index >= 15 is 0 Å². The Morgan fingerprint density at radius 3 is 2.50 bits per heavy atom. The molecule has 3 aromatic heterocycles. The first-order valence-corrected chi connectivity index (χ1v) is 16.6. The summed E-state index contributed by atoms with van der Waals surface area (Å²) in [6, 6.07) is 9.57. The fourth-order valence-electron chi connectivity index (χ4n) is 6.21. The Bertz CT molecular complexity index is 2350. The number of fused-ring (bicyclic) bond motifs is 2. The van der Waals surface area contributed by atoms with Gasteiger partial charge in [0.1, 0.15) is 11.9 Å². The number of aliphatic hydroxyl groups is 1. The number of halogens is 4. The highest BCUT2D eigenvalue weighted by Crippen LogP contribution is 2.42. The van der Waals surface area contributed by atoms with Crippen LogP contribution >= 0.6 is 22.9 Å². The largest absolute Gasteiger partial charge is 0.478 e. The van der Waals surface area contributed by atoms with Crippen LogP contribution in [0.3, 0.4) is 0 Å². The third-order valence-electron chi connectivity index (χ3n) is 8.55. The lowest BCUT2D eigenvalue weighted by molar-refractivity contribution is -0.137. The van der Waals surface area contributed by atoms with Gasteiger partial charge in [-0.1, -0.05) is 23.4 Å². The summed E-state index contributed by atoms with van der Waals surface area (Å²) in [5, 5.41) is 30.9. The third kappa shape index (κ3) is 6.51. The number of rotatable bonds is 6. The number of piperazine rings is 1. The Kier molecular flexibility index (Phi) is 9.57. The smallest absolute Gasteiger partial charge is 0.418 e. The molecule has 256 valence electrons. The van der Waals surface area contributed by atoms with Crippen molar-refractivity contribution >= 4 is 55.7 Å². The van der Waals surface area contributed by atoms with Crippen LogP contribution in [0.2, 0.25) is 5.02 Å². The number of pyridine rings is 1. The van der Waals surface area contributed by atoms with Crippen LogP contribution in [-0.4, -0.2) is 74.9 Å². The van der Waals surface area contributed by atoms with Crippen molar-refractivity contribution in [2.24, 2.45) is 0 Å². The van der Waals surface area contributed by atoms with Gasteiger partial charge in [0, 0.05) is 65.5 Å². The molecule has 4 heterocycles. The van der Waals surface area contributed by atoms with E-state index in [1.54, 1.807) is 25.1 Å². The SMILES string of the molecule is Cc1cc(-c2cc(Cl)ccc2C#CCn2c(C)nc3cc(C(F)(F)F)c(N4CCN(CCO)CC4)c(C#N)c3c2=O)c2scc(C(=O)O)c2n1. The van der Waals surface area contributed by atoms with Crippen LogP contribution < -0.4 is 10.5 Å². The monoisotopic (exact) mass is 720 g/mol. The van der Waals surface area contributed by atoms with E-state index in [4.69, 9.17) is 11.6 Å². The van der Waals surface area contributed by atoms with E-state index in [2.05, 4.69) is 21.8 Å². The van der Waals surface area contributed by atoms with Crippen LogP contribution in [0.4, 0.5) is 18.9 Å². The van der Waals surface area contributed by atoms with Crippen molar-refractivity contribution in [3.8, 4) is 29.0 Å². The number of aromatic carboxylic acids is 1. The number of hydrogen-bond acceptors (Lipinski definition) is 9. The maximum Gasteiger partial charge on any atom is 0.418 e. The molecule has 0 amide bonds. The molecule has 2 N–H and O–H groups in total. The molecule has 15 heteroatoms. The van der Waals surface area contributed by atoms with Crippen LogP contribution in [0.25, 0.3) is 32.2 Å². The van der Waals surface area contributed by atoms with E-state index in [1.807, 2.05) is 17.0 Å². The quantitative estimate of drug-likeness (QED) is 0.212. The number of benzene rings is 2. The van der Waals surface area contributed by atoms with Crippen LogP contribution in [0.1, 0.15) is 38.6 Å². The van der Waals surface area contributed by atoms with E-state index < -0.39 is 28.8 Å². The summed E-state index contributed by atoms with van der Waals surface area (Å²) in [7, 11) is 0. The molecule has 0 bridgehead atoms. The average molecular weight is 721 g/mol. The zero-order chi connectivity index (χ0) is 35.9. The van der Waals surface area contributed by atoms with Gasteiger partial charge in [-0.2, -0.15) is 18.4 Å². The van der Waals surface area contributed by atoms with Gasteiger partial charge >= 0.3 is 12.1 Å². The van der Waals surface area contributed by atoms with Gasteiger partial charge in [0.25, 0.3) is 5.56 Å². The highest BCUT2D eigenvalue weighted by Gasteiger charge is 2.39. The fourth-order valence-corrected chi connectivity index (χ4v) is 7.39. The second-order valence-corrected chi connectivity index (χ2v) is 13.0. The number of alkyl halides is 3. The lowest BCUT2D eigenvalue weighted by Gasteiger charge is -2.37. The number of carbonyl (C=O) groups is 1. The van der Waals surface area contributed by atoms with Crippen LogP contribution in [-0.2, 0) is 12.7 Å². The van der Waals surface area contributed by atoms with Gasteiger partial charge in [0.2, 0.25) is 0 Å². The fraction of sp³-hybridized carbons (Fsp3) is 0.286. The number of nitriles is 1. The number of carboxylic acids is 1. The van der Waals surface area contributed by atoms with Crippen molar-refractivity contribution < 1.29 is 28.2 Å². The molecular weight excluding hydrogens is 693 g/mol. The Morgan fingerprint density at radius 1 is 1.10 bits per heavy atom. The summed E-state index contributed by atoms with van der Waals surface area (Å²) in [6.45, 7) is 4.40. The molecule has 1 aliphatic heterocycles. The Hall–Kier alpha value is -4.99. The second-order valence-electron chi connectivity index (χ2n) is 11.7. The summed E-state index contributed by atoms with van der Waals surface area (Å²) < 4.78 is 45.2. The number of carboxylic acid groups (broad SMARTS) is 1. The molecule has 0 atom stereocenters. The number of hydrogen-bond donors (Lipinski definition) is 2. The van der Waals surface area contributed by atoms with Gasteiger partial charge in [-0.3, -0.25) is 19.2 Å². The summed E-state index contributed by atoms with van der Waals surface area (Å²) >= 11 is 7.61. The van der Waals surface area contributed by atoms with Crippen molar-refractivity contribution in [2.75, 3.05) is 44.2 Å². The molecule has 1 saturated heterocycles. The van der Waals surface area contributed by atoms with Crippen molar-refractivity contribution in [1.82, 2.24) is 19.4 Å². The van der Waals surface area contributed by atoms with Crippen LogP contribution in [0, 0.1) is 37.0 Å². The minimum Gasteiger partial charge on any atom is -0.478 e. The number of thiophene rings is 1. The minimum atomic E-state index is -4.82. The zero-order valence-corrected chi connectivity index (χ0v) is 28.3. The van der Waals surface area contributed by atoms with Crippen molar-refractivity contribution in [3.05, 3.63) is 84.9 Å². The number of nitrogens with zero attached hydrogens (tertiary/aromatic N) is 6. The van der Waals surface area contributed by atoms with Crippen molar-refractivity contribution in [2.45, 2.75) is 26.6 Å². The van der Waals surface area contributed by atoms with Crippen LogP contribution in [0.15, 0.2) is 40.5 Å². The minimum absolute atomic E-state index is 0.0782. The highest BCUT2D eigenvalue weighted by atomic mass is 35.5. The summed E-state index contributed by atoms with van der Waals surface area (Å²) in [6.07, 6.45) is -4.82. The first-order valence-electron chi connectivity index (χ1n) is 15.4. The lowest BCUT2D eigenvalue weighted by atomic mass is 9.99. The molecule has 6 rings (SSSR count). The molecule has 1 fully saturated rings. The van der Waals surface area contributed by atoms with Gasteiger partial charge in [-0.15, -0.1) is 11.3 Å². The molecule has 10 nitrogen and oxygen atoms in total. The first-order chi connectivity index (χ1) is 23.8. The zero-order valence-electron chi connectivity index (χ0n) is 26.7. The molecule has 1 aliphatic rings. The topological polar surface area (TPSA) is 136 Å². The summed E-state index contributed by atoms with van der Waals surface area (Å²) in [4.78, 5) is 37.9. The summed E-state index contributed by atoms with van der Waals surface area (Å²) in [5.74, 6) is 5.05. The molecule has 0 saturated carbocycles. The Labute approximate surface area is 292 Å². The van der Waals surface area contributed by atoms with Gasteiger partial charge in [-0.25, -0.2) is 9.78 Å². The average Bonchev–Trinajstić information content (AvgIpc) is 3.50. The number of aromatic nitrogens is 3. The van der Waals surface area contributed by atoms with E-state index in [9.17, 15) is 38.2 Å². The van der Waals surface area contributed by atoms with E-state index in [1.165, 1.54) is 33.1 Å². The van der Waals surface area contributed by atoms with E-state index in [0.717, 1.165) is 6.07 Å². The van der Waals surface area contributed by atoms with Gasteiger partial charge in [-0.05, 0) is 44.2 Å². The molecular formula is C35H28ClF3N6O4S. The first kappa shape index (κ1) is 34.9. The number of β-amino-alcohol motifs (C(OH)–C–C–N with tert-alkyl or cyclic N) is 1. The second kappa shape index (κ2) is 13.7. The predicted molar refractivity (Wildman–Crippen MR) is 185 cm³/mol. The molecule has 0 radical (unpaired) electrons. The summed E-state index contributed by atoms with van der Waals surface area (Å²) in [5.41, 5.74) is 0.0931. The maximum absolute atomic E-state index is 14.4. The molecule has 0 spiro atoms. The molecule has 0 unspecified atom stereocenters. The van der Waals surface area contributed by atoms with Gasteiger partial charge < -0.3 is 15.1 Å². The van der Waals surface area contributed by atoms with Crippen molar-refractivity contribution in [3.63, 3.8) is 0 Å². The van der Waals surface area contributed by atoms with E-state index in [-0.39, 0.29) is 54.2 Å². The van der Waals surface area contributed by atoms with Crippen LogP contribution in [0.5, 0.6) is 0 Å². The highest BCUT2D eigenvalue weighted by molar-refractivity contribution is 7.18. The predicted octanol–water partition coefficient (Wildman–Crippen LogP) is 5.70. The number of aryl methyl sites for hydroxylation is 2. The maximum atomic E-state index is 14.4. The number of anilines is 1. The molecule has 50 heavy (non-hydrogen) atoms. The third-order valence-corrected chi connectivity index (χ3v) is 9.78. The van der Waals surface area contributed by atoms with Crippen molar-refractivity contribution in [1.29, 1.82) is 5.26 Å². The Morgan fingerprint density at radius 2 is 1.84 bits per heavy atom. The number of aliphatic hydroxyl groups excluding tert-OH is 1. The lowest BCUT2D eigenvalue weighted by Crippen LogP contribution is -2.48. The Balaban J connectivity index is 1.44. The molecule has 2 aromatic carbocycles. The van der Waals surface area contributed by atoms with Gasteiger partial charge in [0.15, 0.2) is 0 Å². The standard InChI is InChI=1S/C35H28ClF3N6O4S/c1-19-14-24(32-30(41-19)26(18-50-32)34(48)49)23-15-22(36)6-5-21(23)4-3-7-45-20(2)42-28-16-27(35(37,38)39)31(25(17-40)29(28)33(45)47)44-10-8-43(9-11-44)12-13-46/h5-6,14-16,18,46H,7-13H2,1-2H3,(H,48,49). The van der Waals surface area contributed by atoms with Gasteiger partial charge in [0.05, 0.1) is 56.6 Å². The molecule has 5 aromatic rings.